The molecular weight excluding hydrogens is 311 g/mol. The molecule has 0 fully saturated rings. The maximum absolute atomic E-state index is 13.0. The van der Waals surface area contributed by atoms with Gasteiger partial charge in [-0.15, -0.1) is 0 Å². The van der Waals surface area contributed by atoms with E-state index in [1.165, 1.54) is 31.4 Å². The Morgan fingerprint density at radius 2 is 2.18 bits per heavy atom. The van der Waals surface area contributed by atoms with Crippen LogP contribution in [-0.4, -0.2) is 17.7 Å². The summed E-state index contributed by atoms with van der Waals surface area (Å²) in [7, 11) is 0. The number of rotatable bonds is 5. The van der Waals surface area contributed by atoms with Crippen molar-refractivity contribution in [3.63, 3.8) is 0 Å². The first-order valence-corrected chi connectivity index (χ1v) is 6.98. The summed E-state index contributed by atoms with van der Waals surface area (Å²) < 4.78 is 18.1. The highest BCUT2D eigenvalue weighted by Gasteiger charge is 2.26. The van der Waals surface area contributed by atoms with Gasteiger partial charge < -0.3 is 20.2 Å². The minimum atomic E-state index is -1.31. The van der Waals surface area contributed by atoms with E-state index in [-0.39, 0.29) is 18.1 Å². The minimum absolute atomic E-state index is 0.000427. The summed E-state index contributed by atoms with van der Waals surface area (Å²) in [6.45, 7) is 1.71. The van der Waals surface area contributed by atoms with Gasteiger partial charge in [0.15, 0.2) is 0 Å². The largest absolute Gasteiger partial charge is 0.466 e. The maximum Gasteiger partial charge on any atom is 0.315 e. The number of carbonyl (C=O) groups is 1. The highest BCUT2D eigenvalue weighted by Crippen LogP contribution is 2.19. The molecule has 1 aromatic heterocycles. The zero-order valence-electron chi connectivity index (χ0n) is 11.9. The van der Waals surface area contributed by atoms with Gasteiger partial charge in [-0.25, -0.2) is 9.18 Å². The lowest BCUT2D eigenvalue weighted by atomic mass is 10.0. The first-order valence-electron chi connectivity index (χ1n) is 6.60. The average molecular weight is 327 g/mol. The van der Waals surface area contributed by atoms with Crippen LogP contribution >= 0.6 is 11.6 Å². The fraction of sp³-hybridized carbons (Fsp3) is 0.267. The third-order valence-corrected chi connectivity index (χ3v) is 3.37. The highest BCUT2D eigenvalue weighted by atomic mass is 35.5. The first-order chi connectivity index (χ1) is 10.4. The fourth-order valence-electron chi connectivity index (χ4n) is 1.82. The van der Waals surface area contributed by atoms with Gasteiger partial charge >= 0.3 is 6.03 Å². The standard InChI is InChI=1S/C15H16ClFN2O3/c1-15(21,13-3-2-6-22-13)9-19-14(20)18-8-10-4-5-12(17)11(16)7-10/h2-7,21H,8-9H2,1H3,(H2,18,19,20). The van der Waals surface area contributed by atoms with Crippen LogP contribution in [0.5, 0.6) is 0 Å². The van der Waals surface area contributed by atoms with Crippen LogP contribution in [0.3, 0.4) is 0 Å². The van der Waals surface area contributed by atoms with Crippen molar-refractivity contribution in [2.75, 3.05) is 6.54 Å². The summed E-state index contributed by atoms with van der Waals surface area (Å²) >= 11 is 5.66. The fourth-order valence-corrected chi connectivity index (χ4v) is 2.02. The zero-order chi connectivity index (χ0) is 16.2. The topological polar surface area (TPSA) is 74.5 Å². The molecule has 3 N–H and O–H groups in total. The summed E-state index contributed by atoms with van der Waals surface area (Å²) in [6.07, 6.45) is 1.45. The lowest BCUT2D eigenvalue weighted by Gasteiger charge is -2.21. The molecule has 1 unspecified atom stereocenters. The van der Waals surface area contributed by atoms with Gasteiger partial charge in [-0.05, 0) is 36.8 Å². The van der Waals surface area contributed by atoms with Gasteiger partial charge in [-0.3, -0.25) is 0 Å². The molecule has 1 heterocycles. The van der Waals surface area contributed by atoms with Crippen molar-refractivity contribution in [2.24, 2.45) is 0 Å². The molecule has 2 rings (SSSR count). The van der Waals surface area contributed by atoms with Gasteiger partial charge in [0.05, 0.1) is 17.8 Å². The predicted octanol–water partition coefficient (Wildman–Crippen LogP) is 2.78. The second-order valence-corrected chi connectivity index (χ2v) is 5.44. The quantitative estimate of drug-likeness (QED) is 0.791. The number of carbonyl (C=O) groups excluding carboxylic acids is 1. The second kappa shape index (κ2) is 6.81. The second-order valence-electron chi connectivity index (χ2n) is 5.04. The summed E-state index contributed by atoms with van der Waals surface area (Å²) in [6, 6.07) is 7.02. The molecule has 0 saturated carbocycles. The number of amides is 2. The summed E-state index contributed by atoms with van der Waals surface area (Å²) in [5.74, 6) is -0.150. The number of hydrogen-bond donors (Lipinski definition) is 3. The van der Waals surface area contributed by atoms with E-state index in [1.807, 2.05) is 0 Å². The van der Waals surface area contributed by atoms with E-state index < -0.39 is 17.4 Å². The Balaban J connectivity index is 1.82. The van der Waals surface area contributed by atoms with E-state index >= 15 is 0 Å². The summed E-state index contributed by atoms with van der Waals surface area (Å²) in [5.41, 5.74) is -0.639. The van der Waals surface area contributed by atoms with E-state index in [2.05, 4.69) is 10.6 Å². The molecule has 22 heavy (non-hydrogen) atoms. The third-order valence-electron chi connectivity index (χ3n) is 3.08. The van der Waals surface area contributed by atoms with Crippen LogP contribution in [0.15, 0.2) is 41.0 Å². The van der Waals surface area contributed by atoms with Crippen molar-refractivity contribution in [3.8, 4) is 0 Å². The number of halogens is 2. The minimum Gasteiger partial charge on any atom is -0.466 e. The Kier molecular flexibility index (Phi) is 5.05. The van der Waals surface area contributed by atoms with Gasteiger partial charge in [0.1, 0.15) is 17.2 Å². The van der Waals surface area contributed by atoms with Gasteiger partial charge in [0.25, 0.3) is 0 Å². The monoisotopic (exact) mass is 326 g/mol. The molecule has 1 aromatic carbocycles. The van der Waals surface area contributed by atoms with Crippen molar-refractivity contribution >= 4 is 17.6 Å². The number of furan rings is 1. The van der Waals surface area contributed by atoms with E-state index in [0.717, 1.165) is 0 Å². The van der Waals surface area contributed by atoms with Crippen LogP contribution in [0.4, 0.5) is 9.18 Å². The van der Waals surface area contributed by atoms with Crippen LogP contribution < -0.4 is 10.6 Å². The molecular formula is C15H16ClFN2O3. The molecule has 5 nitrogen and oxygen atoms in total. The number of benzene rings is 1. The van der Waals surface area contributed by atoms with E-state index in [0.29, 0.717) is 11.3 Å². The zero-order valence-corrected chi connectivity index (χ0v) is 12.7. The number of nitrogens with one attached hydrogen (secondary N) is 2. The number of urea groups is 1. The van der Waals surface area contributed by atoms with Crippen molar-refractivity contribution in [1.82, 2.24) is 10.6 Å². The van der Waals surface area contributed by atoms with E-state index in [4.69, 9.17) is 16.0 Å². The van der Waals surface area contributed by atoms with Crippen LogP contribution in [0.25, 0.3) is 0 Å². The number of hydrogen-bond acceptors (Lipinski definition) is 3. The van der Waals surface area contributed by atoms with Crippen LogP contribution in [0, 0.1) is 5.82 Å². The SMILES string of the molecule is CC(O)(CNC(=O)NCc1ccc(F)c(Cl)c1)c1ccco1. The highest BCUT2D eigenvalue weighted by molar-refractivity contribution is 6.30. The molecule has 7 heteroatoms. The summed E-state index contributed by atoms with van der Waals surface area (Å²) in [4.78, 5) is 11.7. The first kappa shape index (κ1) is 16.3. The molecule has 2 amide bonds. The van der Waals surface area contributed by atoms with E-state index in [9.17, 15) is 14.3 Å². The van der Waals surface area contributed by atoms with Crippen LogP contribution in [0.2, 0.25) is 5.02 Å². The lowest BCUT2D eigenvalue weighted by molar-refractivity contribution is 0.0367. The van der Waals surface area contributed by atoms with Gasteiger partial charge in [0.2, 0.25) is 0 Å². The lowest BCUT2D eigenvalue weighted by Crippen LogP contribution is -2.43. The van der Waals surface area contributed by atoms with E-state index in [1.54, 1.807) is 12.1 Å². The molecule has 0 radical (unpaired) electrons. The maximum atomic E-state index is 13.0. The molecule has 0 aliphatic heterocycles. The molecule has 1 atom stereocenters. The van der Waals surface area contributed by atoms with Crippen molar-refractivity contribution in [2.45, 2.75) is 19.1 Å². The Morgan fingerprint density at radius 3 is 2.82 bits per heavy atom. The third kappa shape index (κ3) is 4.22. The molecule has 0 bridgehead atoms. The average Bonchev–Trinajstić information content (AvgIpc) is 3.01. The smallest absolute Gasteiger partial charge is 0.315 e. The Labute approximate surface area is 132 Å². The predicted molar refractivity (Wildman–Crippen MR) is 79.9 cm³/mol. The Bertz CT molecular complexity index is 644. The Hall–Kier alpha value is -2.05. The molecule has 0 aliphatic carbocycles. The summed E-state index contributed by atoms with van der Waals surface area (Å²) in [5, 5.41) is 15.3. The van der Waals surface area contributed by atoms with Crippen molar-refractivity contribution < 1.29 is 18.7 Å². The Morgan fingerprint density at radius 1 is 1.41 bits per heavy atom. The van der Waals surface area contributed by atoms with Crippen LogP contribution in [0.1, 0.15) is 18.2 Å². The normalized spacial score (nSPS) is 13.5. The van der Waals surface area contributed by atoms with Gasteiger partial charge in [0, 0.05) is 6.54 Å². The van der Waals surface area contributed by atoms with Gasteiger partial charge in [-0.2, -0.15) is 0 Å². The van der Waals surface area contributed by atoms with Gasteiger partial charge in [-0.1, -0.05) is 17.7 Å². The van der Waals surface area contributed by atoms with Crippen molar-refractivity contribution in [1.29, 1.82) is 0 Å². The molecule has 0 saturated heterocycles. The van der Waals surface area contributed by atoms with Crippen LogP contribution in [-0.2, 0) is 12.1 Å². The number of aliphatic hydroxyl groups is 1. The molecule has 2 aromatic rings. The molecule has 118 valence electrons. The molecule has 0 aliphatic rings. The van der Waals surface area contributed by atoms with Crippen molar-refractivity contribution in [3.05, 3.63) is 58.8 Å². The molecule has 0 spiro atoms.